The number of anilines is 1. The number of hydrogen-bond acceptors (Lipinski definition) is 3. The Morgan fingerprint density at radius 2 is 1.84 bits per heavy atom. The van der Waals surface area contributed by atoms with Gasteiger partial charge in [0.25, 0.3) is 0 Å². The van der Waals surface area contributed by atoms with Crippen LogP contribution in [0.2, 0.25) is 0 Å². The van der Waals surface area contributed by atoms with Gasteiger partial charge in [0.05, 0.1) is 4.90 Å². The fourth-order valence-electron chi connectivity index (χ4n) is 2.29. The Kier molecular flexibility index (Phi) is 5.64. The van der Waals surface area contributed by atoms with E-state index in [1.165, 1.54) is 12.5 Å². The Labute approximate surface area is 121 Å². The molecule has 0 radical (unpaired) electrons. The van der Waals surface area contributed by atoms with Gasteiger partial charge in [-0.1, -0.05) is 25.3 Å². The van der Waals surface area contributed by atoms with Crippen molar-refractivity contribution in [3.63, 3.8) is 0 Å². The minimum atomic E-state index is -3.43. The van der Waals surface area contributed by atoms with E-state index in [0.717, 1.165) is 31.2 Å². The summed E-state index contributed by atoms with van der Waals surface area (Å²) in [5, 5.41) is 0. The monoisotopic (exact) mass is 304 g/mol. The summed E-state index contributed by atoms with van der Waals surface area (Å²) in [6.45, 7) is 1.86. The lowest BCUT2D eigenvalue weighted by atomic mass is 9.96. The molecule has 0 amide bonds. The van der Waals surface area contributed by atoms with Crippen LogP contribution in [0.15, 0.2) is 23.1 Å². The highest BCUT2D eigenvalue weighted by molar-refractivity contribution is 7.89. The zero-order valence-corrected chi connectivity index (χ0v) is 12.7. The molecule has 0 heterocycles. The molecule has 0 unspecified atom stereocenters. The maximum Gasteiger partial charge on any atom is 0.240 e. The number of aryl methyl sites for hydroxylation is 1. The van der Waals surface area contributed by atoms with Crippen LogP contribution in [0.4, 0.5) is 5.69 Å². The fraction of sp³-hybridized carbons (Fsp3) is 0.538. The number of rotatable bonds is 3. The van der Waals surface area contributed by atoms with Gasteiger partial charge >= 0.3 is 0 Å². The van der Waals surface area contributed by atoms with Crippen LogP contribution in [0.1, 0.15) is 37.7 Å². The minimum Gasteiger partial charge on any atom is -0.398 e. The highest BCUT2D eigenvalue weighted by Gasteiger charge is 2.21. The number of sulfonamides is 1. The fourth-order valence-corrected chi connectivity index (χ4v) is 3.63. The molecular weight excluding hydrogens is 284 g/mol. The van der Waals surface area contributed by atoms with E-state index in [0.29, 0.717) is 5.69 Å². The molecule has 1 aliphatic carbocycles. The second-order valence-corrected chi connectivity index (χ2v) is 6.69. The highest BCUT2D eigenvalue weighted by Crippen LogP contribution is 2.21. The molecule has 1 fully saturated rings. The van der Waals surface area contributed by atoms with Gasteiger partial charge in [0.1, 0.15) is 0 Å². The number of halogens is 1. The van der Waals surface area contributed by atoms with Crippen molar-refractivity contribution in [3.8, 4) is 0 Å². The first kappa shape index (κ1) is 16.3. The third kappa shape index (κ3) is 4.09. The predicted molar refractivity (Wildman–Crippen MR) is 80.0 cm³/mol. The van der Waals surface area contributed by atoms with Crippen LogP contribution >= 0.6 is 12.4 Å². The van der Waals surface area contributed by atoms with E-state index in [1.54, 1.807) is 12.1 Å². The van der Waals surface area contributed by atoms with Crippen molar-refractivity contribution in [2.45, 2.75) is 50.0 Å². The molecule has 0 saturated heterocycles. The van der Waals surface area contributed by atoms with Crippen molar-refractivity contribution in [2.24, 2.45) is 0 Å². The van der Waals surface area contributed by atoms with Crippen LogP contribution in [-0.4, -0.2) is 14.5 Å². The van der Waals surface area contributed by atoms with Crippen molar-refractivity contribution in [2.75, 3.05) is 5.73 Å². The first-order valence-electron chi connectivity index (χ1n) is 6.37. The van der Waals surface area contributed by atoms with E-state index < -0.39 is 10.0 Å². The van der Waals surface area contributed by atoms with Gasteiger partial charge in [-0.05, 0) is 37.5 Å². The van der Waals surface area contributed by atoms with Gasteiger partial charge < -0.3 is 5.73 Å². The topological polar surface area (TPSA) is 72.2 Å². The molecule has 0 spiro atoms. The lowest BCUT2D eigenvalue weighted by molar-refractivity contribution is 0.412. The van der Waals surface area contributed by atoms with Gasteiger partial charge in [0, 0.05) is 11.7 Å². The van der Waals surface area contributed by atoms with Gasteiger partial charge in [-0.2, -0.15) is 0 Å². The Hall–Kier alpha value is -0.780. The number of benzene rings is 1. The van der Waals surface area contributed by atoms with Gasteiger partial charge in [0.15, 0.2) is 0 Å². The lowest BCUT2D eigenvalue weighted by Gasteiger charge is -2.22. The molecule has 1 aromatic carbocycles. The summed E-state index contributed by atoms with van der Waals surface area (Å²) in [6, 6.07) is 4.95. The number of hydrogen-bond donors (Lipinski definition) is 2. The molecule has 2 rings (SSSR count). The summed E-state index contributed by atoms with van der Waals surface area (Å²) >= 11 is 0. The maximum absolute atomic E-state index is 12.2. The third-order valence-corrected chi connectivity index (χ3v) is 5.01. The number of nitrogens with one attached hydrogen (secondary N) is 1. The number of nitrogens with two attached hydrogens (primary N) is 1. The average Bonchev–Trinajstić information content (AvgIpc) is 2.33. The molecule has 4 nitrogen and oxygen atoms in total. The minimum absolute atomic E-state index is 0. The van der Waals surface area contributed by atoms with Crippen molar-refractivity contribution in [1.29, 1.82) is 0 Å². The Balaban J connectivity index is 0.00000180. The molecule has 0 aromatic heterocycles. The van der Waals surface area contributed by atoms with Crippen molar-refractivity contribution < 1.29 is 8.42 Å². The van der Waals surface area contributed by atoms with E-state index in [2.05, 4.69) is 4.72 Å². The molecule has 0 bridgehead atoms. The molecule has 108 valence electrons. The molecule has 1 aromatic rings. The molecular formula is C13H21ClN2O2S. The predicted octanol–water partition coefficient (Wildman–Crippen LogP) is 2.61. The average molecular weight is 305 g/mol. The summed E-state index contributed by atoms with van der Waals surface area (Å²) in [4.78, 5) is 0.260. The Morgan fingerprint density at radius 1 is 1.21 bits per heavy atom. The molecule has 19 heavy (non-hydrogen) atoms. The van der Waals surface area contributed by atoms with E-state index in [9.17, 15) is 8.42 Å². The van der Waals surface area contributed by atoms with Gasteiger partial charge in [0.2, 0.25) is 10.0 Å². The van der Waals surface area contributed by atoms with E-state index >= 15 is 0 Å². The first-order chi connectivity index (χ1) is 8.49. The van der Waals surface area contributed by atoms with Gasteiger partial charge in [-0.15, -0.1) is 12.4 Å². The van der Waals surface area contributed by atoms with Crippen molar-refractivity contribution >= 4 is 28.1 Å². The van der Waals surface area contributed by atoms with Crippen LogP contribution < -0.4 is 10.5 Å². The molecule has 3 N–H and O–H groups in total. The third-order valence-electron chi connectivity index (χ3n) is 3.49. The van der Waals surface area contributed by atoms with Crippen molar-refractivity contribution in [1.82, 2.24) is 4.72 Å². The van der Waals surface area contributed by atoms with Gasteiger partial charge in [-0.3, -0.25) is 0 Å². The highest BCUT2D eigenvalue weighted by atomic mass is 35.5. The Bertz CT molecular complexity index is 525. The molecule has 0 aliphatic heterocycles. The maximum atomic E-state index is 12.2. The summed E-state index contributed by atoms with van der Waals surface area (Å²) in [7, 11) is -3.43. The second kappa shape index (κ2) is 6.59. The van der Waals surface area contributed by atoms with Crippen LogP contribution in [-0.2, 0) is 10.0 Å². The molecule has 1 aliphatic rings. The summed E-state index contributed by atoms with van der Waals surface area (Å²) in [6.07, 6.45) is 5.27. The SMILES string of the molecule is Cc1ccc(S(=O)(=O)NC2CCCCC2)cc1N.Cl. The quantitative estimate of drug-likeness (QED) is 0.843. The first-order valence-corrected chi connectivity index (χ1v) is 7.86. The smallest absolute Gasteiger partial charge is 0.240 e. The Morgan fingerprint density at radius 3 is 2.42 bits per heavy atom. The van der Waals surface area contributed by atoms with Crippen molar-refractivity contribution in [3.05, 3.63) is 23.8 Å². The molecule has 6 heteroatoms. The largest absolute Gasteiger partial charge is 0.398 e. The number of nitrogen functional groups attached to an aromatic ring is 1. The van der Waals surface area contributed by atoms with E-state index in [1.807, 2.05) is 6.92 Å². The summed E-state index contributed by atoms with van der Waals surface area (Å²) in [5.41, 5.74) is 7.17. The zero-order valence-electron chi connectivity index (χ0n) is 11.1. The van der Waals surface area contributed by atoms with E-state index in [-0.39, 0.29) is 23.3 Å². The van der Waals surface area contributed by atoms with Crippen LogP contribution in [0.3, 0.4) is 0 Å². The normalized spacial score (nSPS) is 16.9. The summed E-state index contributed by atoms with van der Waals surface area (Å²) < 4.78 is 27.2. The van der Waals surface area contributed by atoms with Crippen LogP contribution in [0, 0.1) is 6.92 Å². The summed E-state index contributed by atoms with van der Waals surface area (Å²) in [5.74, 6) is 0. The van der Waals surface area contributed by atoms with Crippen LogP contribution in [0.25, 0.3) is 0 Å². The van der Waals surface area contributed by atoms with E-state index in [4.69, 9.17) is 5.73 Å². The lowest BCUT2D eigenvalue weighted by Crippen LogP contribution is -2.36. The zero-order chi connectivity index (χ0) is 13.2. The standard InChI is InChI=1S/C13H20N2O2S.ClH/c1-10-7-8-12(9-13(10)14)18(16,17)15-11-5-3-2-4-6-11;/h7-9,11,15H,2-6,14H2,1H3;1H. The molecule has 1 saturated carbocycles. The second-order valence-electron chi connectivity index (χ2n) is 4.97. The van der Waals surface area contributed by atoms with Gasteiger partial charge in [-0.25, -0.2) is 13.1 Å². The van der Waals surface area contributed by atoms with Crippen LogP contribution in [0.5, 0.6) is 0 Å². The molecule has 0 atom stereocenters.